The number of nitrogens with one attached hydrogen (secondary N) is 2. The molecule has 158 valence electrons. The monoisotopic (exact) mass is 433 g/mol. The van der Waals surface area contributed by atoms with Crippen molar-refractivity contribution in [2.75, 3.05) is 16.8 Å². The van der Waals surface area contributed by atoms with Gasteiger partial charge in [-0.15, -0.1) is 0 Å². The van der Waals surface area contributed by atoms with Crippen LogP contribution >= 0.6 is 11.6 Å². The molecule has 4 rings (SSSR count). The lowest BCUT2D eigenvalue weighted by molar-refractivity contribution is -0.117. The normalized spacial score (nSPS) is 13.5. The molecule has 3 aromatic rings. The zero-order chi connectivity index (χ0) is 21.6. The van der Waals surface area contributed by atoms with Crippen molar-refractivity contribution in [1.29, 1.82) is 0 Å². The first-order valence-corrected chi connectivity index (χ1v) is 10.7. The van der Waals surface area contributed by atoms with Crippen molar-refractivity contribution in [3.63, 3.8) is 0 Å². The molecule has 2 N–H and O–H groups in total. The van der Waals surface area contributed by atoms with E-state index in [-0.39, 0.29) is 11.8 Å². The van der Waals surface area contributed by atoms with Crippen LogP contribution in [-0.2, 0) is 17.9 Å². The number of halogens is 1. The first-order valence-electron chi connectivity index (χ1n) is 10.3. The van der Waals surface area contributed by atoms with Crippen LogP contribution in [0.1, 0.15) is 34.3 Å². The van der Waals surface area contributed by atoms with Gasteiger partial charge < -0.3 is 15.5 Å². The molecule has 0 unspecified atom stereocenters. The highest BCUT2D eigenvalue weighted by Crippen LogP contribution is 2.22. The van der Waals surface area contributed by atoms with Crippen molar-refractivity contribution in [3.8, 4) is 0 Å². The topological polar surface area (TPSA) is 61.4 Å². The molecule has 31 heavy (non-hydrogen) atoms. The van der Waals surface area contributed by atoms with Gasteiger partial charge in [-0.2, -0.15) is 0 Å². The minimum absolute atomic E-state index is 0.195. The van der Waals surface area contributed by atoms with E-state index in [1.54, 1.807) is 24.3 Å². The molecule has 0 spiro atoms. The Morgan fingerprint density at radius 3 is 2.42 bits per heavy atom. The van der Waals surface area contributed by atoms with Gasteiger partial charge in [0.25, 0.3) is 5.91 Å². The highest BCUT2D eigenvalue weighted by Gasteiger charge is 2.21. The zero-order valence-corrected chi connectivity index (χ0v) is 17.9. The molecular weight excluding hydrogens is 410 g/mol. The molecule has 1 fully saturated rings. The predicted octanol–water partition coefficient (Wildman–Crippen LogP) is 5.01. The number of carbonyl (C=O) groups excluding carboxylic acids is 2. The van der Waals surface area contributed by atoms with E-state index in [1.807, 2.05) is 41.3 Å². The van der Waals surface area contributed by atoms with E-state index in [1.165, 1.54) is 0 Å². The van der Waals surface area contributed by atoms with Crippen LogP contribution in [0.25, 0.3) is 0 Å². The quantitative estimate of drug-likeness (QED) is 0.550. The number of benzene rings is 3. The molecule has 1 heterocycles. The SMILES string of the molecule is O=C(Nc1cccc(CNCc2cccc(N3CCCC3=O)c2)c1)c1ccccc1Cl. The fourth-order valence-corrected chi connectivity index (χ4v) is 3.93. The molecule has 6 heteroatoms. The standard InChI is InChI=1S/C25H24ClN3O2/c26-23-11-2-1-10-22(23)25(31)28-20-8-3-6-18(14-20)16-27-17-19-7-4-9-21(15-19)29-13-5-12-24(29)30/h1-4,6-11,14-15,27H,5,12-13,16-17H2,(H,28,31). The van der Waals surface area contributed by atoms with E-state index in [9.17, 15) is 9.59 Å². The van der Waals surface area contributed by atoms with Crippen LogP contribution in [0.4, 0.5) is 11.4 Å². The van der Waals surface area contributed by atoms with Crippen LogP contribution < -0.4 is 15.5 Å². The highest BCUT2D eigenvalue weighted by molar-refractivity contribution is 6.34. The Morgan fingerprint density at radius 2 is 1.68 bits per heavy atom. The summed E-state index contributed by atoms with van der Waals surface area (Å²) in [7, 11) is 0. The van der Waals surface area contributed by atoms with E-state index in [2.05, 4.69) is 22.8 Å². The molecule has 0 aromatic heterocycles. The molecular formula is C25H24ClN3O2. The maximum atomic E-state index is 12.5. The Kier molecular flexibility index (Phi) is 6.65. The third-order valence-electron chi connectivity index (χ3n) is 5.26. The molecule has 0 bridgehead atoms. The first kappa shape index (κ1) is 21.1. The lowest BCUT2D eigenvalue weighted by atomic mass is 10.1. The Morgan fingerprint density at radius 1 is 0.935 bits per heavy atom. The minimum Gasteiger partial charge on any atom is -0.322 e. The number of amides is 2. The van der Waals surface area contributed by atoms with Crippen LogP contribution in [-0.4, -0.2) is 18.4 Å². The minimum atomic E-state index is -0.232. The van der Waals surface area contributed by atoms with Crippen LogP contribution in [0.15, 0.2) is 72.8 Å². The van der Waals surface area contributed by atoms with E-state index in [4.69, 9.17) is 11.6 Å². The second-order valence-electron chi connectivity index (χ2n) is 7.56. The first-order chi connectivity index (χ1) is 15.1. The van der Waals surface area contributed by atoms with E-state index in [0.717, 1.165) is 35.5 Å². The van der Waals surface area contributed by atoms with Crippen molar-refractivity contribution < 1.29 is 9.59 Å². The summed E-state index contributed by atoms with van der Waals surface area (Å²) in [4.78, 5) is 26.3. The van der Waals surface area contributed by atoms with Crippen molar-refractivity contribution in [1.82, 2.24) is 5.32 Å². The number of hydrogen-bond donors (Lipinski definition) is 2. The summed E-state index contributed by atoms with van der Waals surface area (Å²) in [6, 6.07) is 22.8. The van der Waals surface area contributed by atoms with Crippen molar-refractivity contribution in [2.45, 2.75) is 25.9 Å². The summed E-state index contributed by atoms with van der Waals surface area (Å²) in [5, 5.41) is 6.76. The average Bonchev–Trinajstić information content (AvgIpc) is 3.20. The summed E-state index contributed by atoms with van der Waals surface area (Å²) in [6.45, 7) is 2.14. The number of rotatable bonds is 7. The zero-order valence-electron chi connectivity index (χ0n) is 17.1. The van der Waals surface area contributed by atoms with Crippen molar-refractivity contribution >= 4 is 34.8 Å². The van der Waals surface area contributed by atoms with E-state index >= 15 is 0 Å². The van der Waals surface area contributed by atoms with E-state index in [0.29, 0.717) is 30.1 Å². The second-order valence-corrected chi connectivity index (χ2v) is 7.96. The molecule has 1 aliphatic rings. The van der Waals surface area contributed by atoms with Crippen LogP contribution in [0, 0.1) is 0 Å². The third kappa shape index (κ3) is 5.32. The van der Waals surface area contributed by atoms with E-state index < -0.39 is 0 Å². The number of carbonyl (C=O) groups is 2. The maximum Gasteiger partial charge on any atom is 0.257 e. The summed E-state index contributed by atoms with van der Waals surface area (Å²) in [5.41, 5.74) is 4.32. The summed E-state index contributed by atoms with van der Waals surface area (Å²) in [6.07, 6.45) is 1.55. The molecule has 5 nitrogen and oxygen atoms in total. The molecule has 0 radical (unpaired) electrons. The molecule has 0 atom stereocenters. The van der Waals surface area contributed by atoms with Gasteiger partial charge in [-0.3, -0.25) is 9.59 Å². The lowest BCUT2D eigenvalue weighted by Crippen LogP contribution is -2.23. The fraction of sp³-hybridized carbons (Fsp3) is 0.200. The van der Waals surface area contributed by atoms with Gasteiger partial charge in [0.15, 0.2) is 0 Å². The highest BCUT2D eigenvalue weighted by atomic mass is 35.5. The summed E-state index contributed by atoms with van der Waals surface area (Å²) < 4.78 is 0. The van der Waals surface area contributed by atoms with Crippen LogP contribution in [0.5, 0.6) is 0 Å². The Bertz CT molecular complexity index is 1100. The van der Waals surface area contributed by atoms with Gasteiger partial charge in [0.2, 0.25) is 5.91 Å². The van der Waals surface area contributed by atoms with Crippen LogP contribution in [0.3, 0.4) is 0 Å². The third-order valence-corrected chi connectivity index (χ3v) is 5.59. The Labute approximate surface area is 187 Å². The van der Waals surface area contributed by atoms with Gasteiger partial charge in [0.1, 0.15) is 0 Å². The van der Waals surface area contributed by atoms with Gasteiger partial charge in [0.05, 0.1) is 10.6 Å². The van der Waals surface area contributed by atoms with Crippen molar-refractivity contribution in [2.24, 2.45) is 0 Å². The second kappa shape index (κ2) is 9.77. The van der Waals surface area contributed by atoms with Gasteiger partial charge in [0, 0.05) is 37.4 Å². The summed E-state index contributed by atoms with van der Waals surface area (Å²) in [5.74, 6) is -0.0373. The number of hydrogen-bond acceptors (Lipinski definition) is 3. The fourth-order valence-electron chi connectivity index (χ4n) is 3.71. The Hall–Kier alpha value is -3.15. The molecule has 0 saturated carbocycles. The smallest absolute Gasteiger partial charge is 0.257 e. The number of anilines is 2. The number of nitrogens with zero attached hydrogens (tertiary/aromatic N) is 1. The largest absolute Gasteiger partial charge is 0.322 e. The van der Waals surface area contributed by atoms with Crippen LogP contribution in [0.2, 0.25) is 5.02 Å². The Balaban J connectivity index is 1.34. The van der Waals surface area contributed by atoms with Gasteiger partial charge in [-0.05, 0) is 53.9 Å². The predicted molar refractivity (Wildman–Crippen MR) is 124 cm³/mol. The summed E-state index contributed by atoms with van der Waals surface area (Å²) >= 11 is 6.11. The lowest BCUT2D eigenvalue weighted by Gasteiger charge is -2.16. The maximum absolute atomic E-state index is 12.5. The van der Waals surface area contributed by atoms with Gasteiger partial charge in [-0.1, -0.05) is 48.0 Å². The molecule has 0 aliphatic carbocycles. The van der Waals surface area contributed by atoms with Gasteiger partial charge >= 0.3 is 0 Å². The molecule has 1 saturated heterocycles. The van der Waals surface area contributed by atoms with Gasteiger partial charge in [-0.25, -0.2) is 0 Å². The van der Waals surface area contributed by atoms with Crippen molar-refractivity contribution in [3.05, 3.63) is 94.5 Å². The molecule has 1 aliphatic heterocycles. The average molecular weight is 434 g/mol. The molecule has 3 aromatic carbocycles. The molecule has 2 amide bonds.